The summed E-state index contributed by atoms with van der Waals surface area (Å²) in [5.74, 6) is -3.07. The molecule has 1 aliphatic rings. The fourth-order valence-electron chi connectivity index (χ4n) is 6.00. The van der Waals surface area contributed by atoms with Crippen LogP contribution in [0.1, 0.15) is 73.3 Å². The molecule has 7 rings (SSSR count). The van der Waals surface area contributed by atoms with Crippen molar-refractivity contribution < 1.29 is 28.8 Å². The second kappa shape index (κ2) is 15.9. The molecule has 6 aromatic carbocycles. The predicted molar refractivity (Wildman–Crippen MR) is 212 cm³/mol. The molecule has 266 valence electrons. The first kappa shape index (κ1) is 35.6. The Bertz CT molecular complexity index is 2390. The number of fused-ring (bicyclic) bond motifs is 1. The summed E-state index contributed by atoms with van der Waals surface area (Å²) < 4.78 is 0. The maximum atomic E-state index is 13.8. The van der Waals surface area contributed by atoms with E-state index in [1.54, 1.807) is 60.7 Å². The highest BCUT2D eigenvalue weighted by molar-refractivity contribution is 6.34. The summed E-state index contributed by atoms with van der Waals surface area (Å²) in [4.78, 5) is 81.4. The molecule has 6 aromatic rings. The van der Waals surface area contributed by atoms with E-state index in [4.69, 9.17) is 0 Å². The van der Waals surface area contributed by atoms with Gasteiger partial charge in [-0.25, -0.2) is 4.90 Å². The Balaban J connectivity index is 1.16. The van der Waals surface area contributed by atoms with Crippen LogP contribution in [0, 0.1) is 0 Å². The molecule has 0 aliphatic carbocycles. The number of hydrogen-bond donors (Lipinski definition) is 2. The molecule has 9 heteroatoms. The van der Waals surface area contributed by atoms with Crippen LogP contribution in [0.5, 0.6) is 0 Å². The topological polar surface area (TPSA) is 130 Å². The van der Waals surface area contributed by atoms with Gasteiger partial charge in [0.05, 0.1) is 16.8 Å². The number of nitrogens with zero attached hydrogens (tertiary/aromatic N) is 1. The number of imide groups is 1. The number of carbonyl (C=O) groups is 6. The van der Waals surface area contributed by atoms with Crippen molar-refractivity contribution in [3.8, 4) is 0 Å². The number of nitrogens with one attached hydrogen (secondary N) is 2. The Kier molecular flexibility index (Phi) is 10.3. The van der Waals surface area contributed by atoms with Gasteiger partial charge in [-0.1, -0.05) is 109 Å². The maximum absolute atomic E-state index is 13.8. The first-order chi connectivity index (χ1) is 26.7. The number of ketones is 2. The SMILES string of the molecule is O=C(/C=C\c1ccccc1)c1cccc(NC(=O)c2cc(C(=O)Nc3cccc(C(=O)/C=C\c4ccccc4)c3)cc(N3C(=O)c4ccccc4C3=O)c2)c1. The minimum atomic E-state index is -0.658. The lowest BCUT2D eigenvalue weighted by atomic mass is 10.1. The second-order valence-electron chi connectivity index (χ2n) is 12.5. The monoisotopic (exact) mass is 721 g/mol. The van der Waals surface area contributed by atoms with Crippen LogP contribution in [0.4, 0.5) is 17.1 Å². The molecular weight excluding hydrogens is 691 g/mol. The number of rotatable bonds is 11. The first-order valence-electron chi connectivity index (χ1n) is 17.2. The van der Waals surface area contributed by atoms with Gasteiger partial charge in [-0.05, 0) is 77.9 Å². The molecular formula is C46H31N3O6. The van der Waals surface area contributed by atoms with E-state index in [2.05, 4.69) is 10.6 Å². The normalized spacial score (nSPS) is 12.2. The highest BCUT2D eigenvalue weighted by atomic mass is 16.2. The van der Waals surface area contributed by atoms with E-state index in [-0.39, 0.29) is 39.5 Å². The standard InChI is InChI=1S/C46H31N3O6/c50-41(23-21-30-11-3-1-4-12-30)32-15-9-17-36(26-32)47-43(52)34-25-35(29-38(28-34)49-45(54)39-19-7-8-20-40(39)46(49)55)44(53)48-37-18-10-16-33(27-37)42(51)24-22-31-13-5-2-6-14-31/h1-29H,(H,47,52)(H,48,53)/b23-21-,24-22-. The largest absolute Gasteiger partial charge is 0.322 e. The molecule has 0 saturated carbocycles. The van der Waals surface area contributed by atoms with Gasteiger partial charge < -0.3 is 10.6 Å². The van der Waals surface area contributed by atoms with Crippen LogP contribution >= 0.6 is 0 Å². The Morgan fingerprint density at radius 1 is 0.436 bits per heavy atom. The van der Waals surface area contributed by atoms with Crippen LogP contribution in [0.25, 0.3) is 12.2 Å². The van der Waals surface area contributed by atoms with E-state index in [9.17, 15) is 28.8 Å². The average molecular weight is 722 g/mol. The van der Waals surface area contributed by atoms with Gasteiger partial charge in [-0.15, -0.1) is 0 Å². The van der Waals surface area contributed by atoms with Crippen molar-refractivity contribution in [1.82, 2.24) is 0 Å². The van der Waals surface area contributed by atoms with Crippen LogP contribution in [-0.2, 0) is 0 Å². The van der Waals surface area contributed by atoms with Crippen LogP contribution in [-0.4, -0.2) is 35.2 Å². The summed E-state index contributed by atoms with van der Waals surface area (Å²) in [5.41, 5.74) is 3.33. The fourth-order valence-corrected chi connectivity index (χ4v) is 6.00. The zero-order valence-electron chi connectivity index (χ0n) is 29.1. The van der Waals surface area contributed by atoms with Crippen molar-refractivity contribution in [1.29, 1.82) is 0 Å². The van der Waals surface area contributed by atoms with Gasteiger partial charge in [0, 0.05) is 33.6 Å². The molecule has 1 aliphatic heterocycles. The van der Waals surface area contributed by atoms with Crippen molar-refractivity contribution in [2.45, 2.75) is 0 Å². The van der Waals surface area contributed by atoms with E-state index in [0.717, 1.165) is 16.0 Å². The molecule has 0 unspecified atom stereocenters. The summed E-state index contributed by atoms with van der Waals surface area (Å²) in [5, 5.41) is 5.53. The van der Waals surface area contributed by atoms with Crippen LogP contribution in [0.3, 0.4) is 0 Å². The molecule has 9 nitrogen and oxygen atoms in total. The Morgan fingerprint density at radius 2 is 0.855 bits per heavy atom. The van der Waals surface area contributed by atoms with Crippen LogP contribution in [0.2, 0.25) is 0 Å². The van der Waals surface area contributed by atoms with Crippen LogP contribution < -0.4 is 15.5 Å². The number of anilines is 3. The van der Waals surface area contributed by atoms with E-state index >= 15 is 0 Å². The number of hydrogen-bond acceptors (Lipinski definition) is 6. The van der Waals surface area contributed by atoms with Crippen LogP contribution in [0.15, 0.2) is 164 Å². The van der Waals surface area contributed by atoms with Crippen molar-refractivity contribution >= 4 is 64.4 Å². The quantitative estimate of drug-likeness (QED) is 0.0782. The number of carbonyl (C=O) groups excluding carboxylic acids is 6. The van der Waals surface area contributed by atoms with E-state index < -0.39 is 23.6 Å². The minimum absolute atomic E-state index is 0.00829. The van der Waals surface area contributed by atoms with E-state index in [1.807, 2.05) is 60.7 Å². The third kappa shape index (κ3) is 8.16. The van der Waals surface area contributed by atoms with Gasteiger partial charge in [-0.2, -0.15) is 0 Å². The number of benzene rings is 6. The third-order valence-electron chi connectivity index (χ3n) is 8.76. The molecule has 1 heterocycles. The van der Waals surface area contributed by atoms with Crippen molar-refractivity contribution in [2.75, 3.05) is 15.5 Å². The van der Waals surface area contributed by atoms with Crippen molar-refractivity contribution in [3.05, 3.63) is 208 Å². The molecule has 55 heavy (non-hydrogen) atoms. The molecule has 0 atom stereocenters. The molecule has 0 aromatic heterocycles. The lowest BCUT2D eigenvalue weighted by Gasteiger charge is -2.17. The lowest BCUT2D eigenvalue weighted by molar-refractivity contribution is 0.0920. The lowest BCUT2D eigenvalue weighted by Crippen LogP contribution is -2.30. The van der Waals surface area contributed by atoms with Crippen molar-refractivity contribution in [2.24, 2.45) is 0 Å². The zero-order valence-corrected chi connectivity index (χ0v) is 29.1. The second-order valence-corrected chi connectivity index (χ2v) is 12.5. The maximum Gasteiger partial charge on any atom is 0.266 e. The Morgan fingerprint density at radius 3 is 1.29 bits per heavy atom. The molecule has 0 bridgehead atoms. The molecule has 0 spiro atoms. The van der Waals surface area contributed by atoms with Gasteiger partial charge >= 0.3 is 0 Å². The average Bonchev–Trinajstić information content (AvgIpc) is 3.48. The summed E-state index contributed by atoms with van der Waals surface area (Å²) in [6.07, 6.45) is 6.28. The highest BCUT2D eigenvalue weighted by Crippen LogP contribution is 2.31. The van der Waals surface area contributed by atoms with Gasteiger partial charge in [-0.3, -0.25) is 28.8 Å². The number of amides is 4. The van der Waals surface area contributed by atoms with Gasteiger partial charge in [0.15, 0.2) is 11.6 Å². The smallest absolute Gasteiger partial charge is 0.266 e. The highest BCUT2D eigenvalue weighted by Gasteiger charge is 2.37. The fraction of sp³-hybridized carbons (Fsp3) is 0. The molecule has 4 amide bonds. The van der Waals surface area contributed by atoms with Gasteiger partial charge in [0.2, 0.25) is 0 Å². The van der Waals surface area contributed by atoms with E-state index in [1.165, 1.54) is 54.6 Å². The predicted octanol–water partition coefficient (Wildman–Crippen LogP) is 8.78. The van der Waals surface area contributed by atoms with E-state index in [0.29, 0.717) is 22.5 Å². The molecule has 0 saturated heterocycles. The zero-order chi connectivity index (χ0) is 38.3. The van der Waals surface area contributed by atoms with Crippen molar-refractivity contribution in [3.63, 3.8) is 0 Å². The molecule has 0 radical (unpaired) electrons. The summed E-state index contributed by atoms with van der Waals surface area (Å²) in [7, 11) is 0. The van der Waals surface area contributed by atoms with Gasteiger partial charge in [0.25, 0.3) is 23.6 Å². The Labute approximate surface area is 316 Å². The third-order valence-corrected chi connectivity index (χ3v) is 8.76. The molecule has 0 fully saturated rings. The summed E-state index contributed by atoms with van der Waals surface area (Å²) >= 11 is 0. The Hall–Kier alpha value is -7.78. The van der Waals surface area contributed by atoms with Gasteiger partial charge in [0.1, 0.15) is 0 Å². The summed E-state index contributed by atoms with van der Waals surface area (Å²) in [6.45, 7) is 0. The molecule has 2 N–H and O–H groups in total. The first-order valence-corrected chi connectivity index (χ1v) is 17.2. The summed E-state index contributed by atoms with van der Waals surface area (Å²) in [6, 6.07) is 41.9. The minimum Gasteiger partial charge on any atom is -0.322 e. The number of allylic oxidation sites excluding steroid dienone is 2.